The summed E-state index contributed by atoms with van der Waals surface area (Å²) in [6.07, 6.45) is 1.65. The van der Waals surface area contributed by atoms with E-state index in [2.05, 4.69) is 25.9 Å². The molecule has 0 aliphatic carbocycles. The summed E-state index contributed by atoms with van der Waals surface area (Å²) in [4.78, 5) is 8.79. The van der Waals surface area contributed by atoms with Crippen LogP contribution in [0.2, 0.25) is 0 Å². The summed E-state index contributed by atoms with van der Waals surface area (Å²) in [7, 11) is 0. The lowest BCUT2D eigenvalue weighted by atomic mass is 10.2. The summed E-state index contributed by atoms with van der Waals surface area (Å²) in [5.41, 5.74) is 2.77. The van der Waals surface area contributed by atoms with Gasteiger partial charge in [-0.05, 0) is 33.6 Å². The molecule has 1 aromatic heterocycles. The topological polar surface area (TPSA) is 35.0 Å². The van der Waals surface area contributed by atoms with Crippen molar-refractivity contribution in [3.63, 3.8) is 0 Å². The van der Waals surface area contributed by atoms with Crippen molar-refractivity contribution < 1.29 is 4.74 Å². The third-order valence-electron chi connectivity index (χ3n) is 2.73. The van der Waals surface area contributed by atoms with Crippen molar-refractivity contribution in [3.8, 4) is 5.88 Å². The molecule has 19 heavy (non-hydrogen) atoms. The lowest BCUT2D eigenvalue weighted by molar-refractivity contribution is 0.294. The molecular formula is C15H11BrN2O. The number of halogens is 1. The van der Waals surface area contributed by atoms with Crippen LogP contribution in [0, 0.1) is 0 Å². The van der Waals surface area contributed by atoms with E-state index in [1.165, 1.54) is 0 Å². The van der Waals surface area contributed by atoms with Gasteiger partial charge in [-0.25, -0.2) is 9.97 Å². The second-order valence-corrected chi connectivity index (χ2v) is 4.94. The third kappa shape index (κ3) is 2.74. The number of nitrogens with zero attached hydrogens (tertiary/aromatic N) is 2. The van der Waals surface area contributed by atoms with E-state index < -0.39 is 0 Å². The fourth-order valence-electron chi connectivity index (χ4n) is 1.79. The van der Waals surface area contributed by atoms with Gasteiger partial charge in [0.2, 0.25) is 5.88 Å². The number of rotatable bonds is 3. The molecule has 0 aliphatic heterocycles. The monoisotopic (exact) mass is 314 g/mol. The molecule has 3 aromatic rings. The first-order chi connectivity index (χ1) is 9.33. The highest BCUT2D eigenvalue weighted by Crippen LogP contribution is 2.22. The molecule has 0 radical (unpaired) electrons. The van der Waals surface area contributed by atoms with Gasteiger partial charge in [0.25, 0.3) is 0 Å². The molecule has 0 atom stereocenters. The van der Waals surface area contributed by atoms with E-state index in [9.17, 15) is 0 Å². The maximum absolute atomic E-state index is 5.65. The lowest BCUT2D eigenvalue weighted by Gasteiger charge is -2.06. The second-order valence-electron chi connectivity index (χ2n) is 4.09. The summed E-state index contributed by atoms with van der Waals surface area (Å²) in [5.74, 6) is 0.537. The average Bonchev–Trinajstić information content (AvgIpc) is 2.46. The highest BCUT2D eigenvalue weighted by molar-refractivity contribution is 9.10. The van der Waals surface area contributed by atoms with Gasteiger partial charge in [0.15, 0.2) is 0 Å². The molecule has 0 amide bonds. The average molecular weight is 315 g/mol. The number of hydrogen-bond acceptors (Lipinski definition) is 3. The van der Waals surface area contributed by atoms with Crippen LogP contribution in [0.25, 0.3) is 11.0 Å². The van der Waals surface area contributed by atoms with Gasteiger partial charge < -0.3 is 4.74 Å². The van der Waals surface area contributed by atoms with Crippen molar-refractivity contribution in [2.45, 2.75) is 6.61 Å². The van der Waals surface area contributed by atoms with Crippen LogP contribution in [0.4, 0.5) is 0 Å². The Morgan fingerprint density at radius 2 is 1.84 bits per heavy atom. The minimum absolute atomic E-state index is 0.495. The van der Waals surface area contributed by atoms with Crippen molar-refractivity contribution in [2.75, 3.05) is 0 Å². The molecule has 1 heterocycles. The number of ether oxygens (including phenoxy) is 1. The largest absolute Gasteiger partial charge is 0.472 e. The molecular weight excluding hydrogens is 304 g/mol. The first kappa shape index (κ1) is 12.1. The standard InChI is InChI=1S/C15H11BrN2O/c16-12-7-4-8-13-15(12)17-9-14(18-13)19-10-11-5-2-1-3-6-11/h1-9H,10H2. The van der Waals surface area contributed by atoms with E-state index in [1.807, 2.05) is 48.5 Å². The molecule has 3 nitrogen and oxygen atoms in total. The van der Waals surface area contributed by atoms with Crippen molar-refractivity contribution in [1.29, 1.82) is 0 Å². The fraction of sp³-hybridized carbons (Fsp3) is 0.0667. The highest BCUT2D eigenvalue weighted by atomic mass is 79.9. The fourth-order valence-corrected chi connectivity index (χ4v) is 2.25. The van der Waals surface area contributed by atoms with Gasteiger partial charge in [-0.15, -0.1) is 0 Å². The van der Waals surface area contributed by atoms with Crippen molar-refractivity contribution >= 4 is 27.0 Å². The first-order valence-corrected chi connectivity index (χ1v) is 6.70. The zero-order valence-corrected chi connectivity index (χ0v) is 11.7. The number of hydrogen-bond donors (Lipinski definition) is 0. The first-order valence-electron chi connectivity index (χ1n) is 5.91. The lowest BCUT2D eigenvalue weighted by Crippen LogP contribution is -1.98. The second kappa shape index (κ2) is 5.36. The van der Waals surface area contributed by atoms with Gasteiger partial charge in [0, 0.05) is 4.47 Å². The molecule has 0 N–H and O–H groups in total. The summed E-state index contributed by atoms with van der Waals surface area (Å²) in [6, 6.07) is 15.8. The summed E-state index contributed by atoms with van der Waals surface area (Å²) in [5, 5.41) is 0. The quantitative estimate of drug-likeness (QED) is 0.733. The third-order valence-corrected chi connectivity index (χ3v) is 3.37. The number of aromatic nitrogens is 2. The van der Waals surface area contributed by atoms with E-state index in [0.29, 0.717) is 12.5 Å². The molecule has 0 spiro atoms. The molecule has 0 aliphatic rings. The Bertz CT molecular complexity index is 701. The van der Waals surface area contributed by atoms with Gasteiger partial charge in [0.05, 0.1) is 11.7 Å². The SMILES string of the molecule is Brc1cccc2nc(OCc3ccccc3)cnc12. The molecule has 4 heteroatoms. The van der Waals surface area contributed by atoms with Crippen molar-refractivity contribution in [2.24, 2.45) is 0 Å². The predicted octanol–water partition coefficient (Wildman–Crippen LogP) is 3.97. The van der Waals surface area contributed by atoms with Crippen LogP contribution in [0.1, 0.15) is 5.56 Å². The Hall–Kier alpha value is -1.94. The van der Waals surface area contributed by atoms with Gasteiger partial charge in [-0.2, -0.15) is 0 Å². The van der Waals surface area contributed by atoms with Gasteiger partial charge in [0.1, 0.15) is 12.1 Å². The van der Waals surface area contributed by atoms with Gasteiger partial charge >= 0.3 is 0 Å². The molecule has 0 fully saturated rings. The van der Waals surface area contributed by atoms with Crippen LogP contribution in [0.3, 0.4) is 0 Å². The Morgan fingerprint density at radius 3 is 2.68 bits per heavy atom. The van der Waals surface area contributed by atoms with Crippen LogP contribution in [0.15, 0.2) is 59.2 Å². The Kier molecular flexibility index (Phi) is 3.42. The summed E-state index contributed by atoms with van der Waals surface area (Å²) >= 11 is 3.45. The minimum atomic E-state index is 0.495. The zero-order chi connectivity index (χ0) is 13.1. The Morgan fingerprint density at radius 1 is 1.00 bits per heavy atom. The van der Waals surface area contributed by atoms with E-state index in [-0.39, 0.29) is 0 Å². The van der Waals surface area contributed by atoms with Crippen LogP contribution >= 0.6 is 15.9 Å². The van der Waals surface area contributed by atoms with Crippen LogP contribution in [-0.2, 0) is 6.61 Å². The predicted molar refractivity (Wildman–Crippen MR) is 78.0 cm³/mol. The smallest absolute Gasteiger partial charge is 0.233 e. The van der Waals surface area contributed by atoms with E-state index in [4.69, 9.17) is 4.74 Å². The molecule has 0 bridgehead atoms. The molecule has 3 rings (SSSR count). The Labute approximate surface area is 119 Å². The van der Waals surface area contributed by atoms with Crippen molar-refractivity contribution in [3.05, 3.63) is 64.8 Å². The highest BCUT2D eigenvalue weighted by Gasteiger charge is 2.03. The van der Waals surface area contributed by atoms with E-state index >= 15 is 0 Å². The maximum Gasteiger partial charge on any atom is 0.233 e. The molecule has 2 aromatic carbocycles. The number of fused-ring (bicyclic) bond motifs is 1. The minimum Gasteiger partial charge on any atom is -0.472 e. The van der Waals surface area contributed by atoms with E-state index in [1.54, 1.807) is 6.20 Å². The van der Waals surface area contributed by atoms with Crippen LogP contribution in [0.5, 0.6) is 5.88 Å². The van der Waals surface area contributed by atoms with Crippen LogP contribution < -0.4 is 4.74 Å². The normalized spacial score (nSPS) is 10.6. The van der Waals surface area contributed by atoms with Crippen LogP contribution in [-0.4, -0.2) is 9.97 Å². The summed E-state index contributed by atoms with van der Waals surface area (Å²) < 4.78 is 6.59. The molecule has 94 valence electrons. The Balaban J connectivity index is 1.82. The molecule has 0 saturated carbocycles. The summed E-state index contributed by atoms with van der Waals surface area (Å²) in [6.45, 7) is 0.495. The molecule has 0 saturated heterocycles. The van der Waals surface area contributed by atoms with E-state index in [0.717, 1.165) is 21.1 Å². The van der Waals surface area contributed by atoms with Gasteiger partial charge in [-0.1, -0.05) is 36.4 Å². The number of benzene rings is 2. The number of para-hydroxylation sites is 1. The van der Waals surface area contributed by atoms with Gasteiger partial charge in [-0.3, -0.25) is 0 Å². The van der Waals surface area contributed by atoms with Crippen molar-refractivity contribution in [1.82, 2.24) is 9.97 Å². The maximum atomic E-state index is 5.65. The molecule has 0 unspecified atom stereocenters. The zero-order valence-electron chi connectivity index (χ0n) is 10.1.